The van der Waals surface area contributed by atoms with Crippen molar-refractivity contribution in [1.29, 1.82) is 0 Å². The summed E-state index contributed by atoms with van der Waals surface area (Å²) >= 11 is 0. The van der Waals surface area contributed by atoms with E-state index < -0.39 is 11.5 Å². The number of nitrogens with one attached hydrogen (secondary N) is 2. The van der Waals surface area contributed by atoms with Crippen molar-refractivity contribution in [2.24, 2.45) is 5.73 Å². The lowest BCUT2D eigenvalue weighted by Crippen LogP contribution is -2.38. The summed E-state index contributed by atoms with van der Waals surface area (Å²) < 4.78 is 0. The van der Waals surface area contributed by atoms with Crippen LogP contribution in [-0.2, 0) is 0 Å². The van der Waals surface area contributed by atoms with E-state index in [2.05, 4.69) is 41.4 Å². The van der Waals surface area contributed by atoms with Gasteiger partial charge in [-0.15, -0.1) is 0 Å². The number of hydrogen-bond acceptors (Lipinski definition) is 6. The Morgan fingerprint density at radius 2 is 2.25 bits per heavy atom. The summed E-state index contributed by atoms with van der Waals surface area (Å²) in [5.41, 5.74) is 4.87. The van der Waals surface area contributed by atoms with Crippen LogP contribution in [0.4, 0.5) is 11.8 Å². The topological polar surface area (TPSA) is 113 Å². The van der Waals surface area contributed by atoms with Gasteiger partial charge in [0.15, 0.2) is 0 Å². The van der Waals surface area contributed by atoms with E-state index in [1.54, 1.807) is 0 Å². The summed E-state index contributed by atoms with van der Waals surface area (Å²) in [6, 6.07) is 0.0498. The van der Waals surface area contributed by atoms with Gasteiger partial charge in [-0.3, -0.25) is 4.79 Å². The van der Waals surface area contributed by atoms with Crippen LogP contribution in [-0.4, -0.2) is 38.2 Å². The lowest BCUT2D eigenvalue weighted by Gasteiger charge is -2.34. The minimum atomic E-state index is -0.693. The van der Waals surface area contributed by atoms with Crippen LogP contribution in [0, 0.1) is 0 Å². The second kappa shape index (κ2) is 6.93. The molecule has 1 fully saturated rings. The van der Waals surface area contributed by atoms with Gasteiger partial charge < -0.3 is 21.5 Å². The monoisotopic (exact) mass is 335 g/mol. The van der Waals surface area contributed by atoms with Gasteiger partial charge in [-0.05, 0) is 52.9 Å². The van der Waals surface area contributed by atoms with Crippen molar-refractivity contribution in [1.82, 2.24) is 9.97 Å². The quantitative estimate of drug-likeness (QED) is 0.634. The molecule has 0 aromatic carbocycles. The zero-order valence-electron chi connectivity index (χ0n) is 15.0. The molecule has 1 aliphatic rings. The molecular formula is C17H29N5O2. The number of nitrogens with zero attached hydrogens (tertiary/aromatic N) is 2. The smallest absolute Gasteiger partial charge is 0.254 e. The summed E-state index contributed by atoms with van der Waals surface area (Å²) in [5.74, 6) is 0.313. The molecule has 0 aliphatic heterocycles. The predicted octanol–water partition coefficient (Wildman–Crippen LogP) is 2.28. The summed E-state index contributed by atoms with van der Waals surface area (Å²) in [7, 11) is 0. The molecule has 1 heterocycles. The number of hydrogen-bond donors (Lipinski definition) is 4. The number of aromatic nitrogens is 2. The molecule has 7 nitrogen and oxygen atoms in total. The third kappa shape index (κ3) is 4.80. The average molecular weight is 335 g/mol. The van der Waals surface area contributed by atoms with Gasteiger partial charge in [0.25, 0.3) is 5.91 Å². The van der Waals surface area contributed by atoms with Crippen LogP contribution in [0.15, 0.2) is 6.20 Å². The molecule has 1 saturated carbocycles. The van der Waals surface area contributed by atoms with Crippen LogP contribution >= 0.6 is 0 Å². The first-order valence-corrected chi connectivity index (χ1v) is 8.56. The number of rotatable bonds is 6. The van der Waals surface area contributed by atoms with E-state index in [9.17, 15) is 9.90 Å². The number of nitrogens with two attached hydrogens (primary N) is 1. The Labute approximate surface area is 143 Å². The highest BCUT2D eigenvalue weighted by molar-refractivity contribution is 5.97. The molecule has 1 aliphatic carbocycles. The standard InChI is InChI=1S/C17H29N5O2/c1-5-16(2,3)22-15-19-10-12(13(18)23)14(21-15)20-11-7-6-8-17(4,24)9-11/h10-11,24H,5-9H2,1-4H3,(H2,18,23)(H2,19,20,21,22)/t11-,17+/m1/s1. The Morgan fingerprint density at radius 3 is 2.83 bits per heavy atom. The largest absolute Gasteiger partial charge is 0.390 e. The van der Waals surface area contributed by atoms with Crippen molar-refractivity contribution in [3.8, 4) is 0 Å². The third-order valence-electron chi connectivity index (χ3n) is 4.68. The molecule has 5 N–H and O–H groups in total. The fourth-order valence-electron chi connectivity index (χ4n) is 2.90. The lowest BCUT2D eigenvalue weighted by atomic mass is 9.83. The van der Waals surface area contributed by atoms with E-state index in [-0.39, 0.29) is 17.1 Å². The number of primary amides is 1. The van der Waals surface area contributed by atoms with Gasteiger partial charge in [0, 0.05) is 17.8 Å². The van der Waals surface area contributed by atoms with Crippen molar-refractivity contribution in [3.63, 3.8) is 0 Å². The number of amides is 1. The van der Waals surface area contributed by atoms with Gasteiger partial charge in [-0.25, -0.2) is 4.98 Å². The summed E-state index contributed by atoms with van der Waals surface area (Å²) in [6.45, 7) is 8.04. The van der Waals surface area contributed by atoms with Crippen LogP contribution in [0.25, 0.3) is 0 Å². The average Bonchev–Trinajstić information content (AvgIpc) is 2.45. The van der Waals surface area contributed by atoms with E-state index in [0.717, 1.165) is 25.7 Å². The van der Waals surface area contributed by atoms with Crippen molar-refractivity contribution in [2.75, 3.05) is 10.6 Å². The molecule has 0 unspecified atom stereocenters. The Hall–Kier alpha value is -1.89. The Kier molecular flexibility index (Phi) is 5.32. The van der Waals surface area contributed by atoms with E-state index in [1.807, 2.05) is 6.92 Å². The second-order valence-electron chi connectivity index (χ2n) is 7.62. The van der Waals surface area contributed by atoms with Gasteiger partial charge in [-0.2, -0.15) is 4.98 Å². The van der Waals surface area contributed by atoms with Gasteiger partial charge in [0.1, 0.15) is 5.82 Å². The molecule has 0 saturated heterocycles. The minimum Gasteiger partial charge on any atom is -0.390 e. The van der Waals surface area contributed by atoms with Crippen molar-refractivity contribution < 1.29 is 9.90 Å². The molecule has 2 rings (SSSR count). The number of aliphatic hydroxyl groups is 1. The second-order valence-corrected chi connectivity index (χ2v) is 7.62. The zero-order valence-corrected chi connectivity index (χ0v) is 15.0. The first-order chi connectivity index (χ1) is 11.1. The minimum absolute atomic E-state index is 0.0498. The van der Waals surface area contributed by atoms with E-state index in [0.29, 0.717) is 18.2 Å². The normalized spacial score (nSPS) is 24.5. The molecule has 24 heavy (non-hydrogen) atoms. The molecule has 2 atom stereocenters. The first-order valence-electron chi connectivity index (χ1n) is 8.56. The SMILES string of the molecule is CCC(C)(C)Nc1ncc(C(N)=O)c(N[C@@H]2CCC[C@](C)(O)C2)n1. The highest BCUT2D eigenvalue weighted by Crippen LogP contribution is 2.30. The maximum atomic E-state index is 11.7. The zero-order chi connectivity index (χ0) is 18.0. The van der Waals surface area contributed by atoms with Gasteiger partial charge in [-0.1, -0.05) is 6.92 Å². The van der Waals surface area contributed by atoms with Gasteiger partial charge in [0.05, 0.1) is 11.2 Å². The maximum Gasteiger partial charge on any atom is 0.254 e. The van der Waals surface area contributed by atoms with Gasteiger partial charge in [0.2, 0.25) is 5.95 Å². The molecule has 1 aromatic heterocycles. The maximum absolute atomic E-state index is 11.7. The van der Waals surface area contributed by atoms with Crippen molar-refractivity contribution in [2.45, 2.75) is 77.0 Å². The molecule has 0 bridgehead atoms. The fraction of sp³-hybridized carbons (Fsp3) is 0.706. The van der Waals surface area contributed by atoms with Gasteiger partial charge >= 0.3 is 0 Å². The Morgan fingerprint density at radius 1 is 1.54 bits per heavy atom. The molecular weight excluding hydrogens is 306 g/mol. The number of carbonyl (C=O) groups excluding carboxylic acids is 1. The molecule has 1 amide bonds. The van der Waals surface area contributed by atoms with Crippen LogP contribution in [0.3, 0.4) is 0 Å². The lowest BCUT2D eigenvalue weighted by molar-refractivity contribution is 0.0182. The van der Waals surface area contributed by atoms with Crippen LogP contribution in [0.2, 0.25) is 0 Å². The van der Waals surface area contributed by atoms with E-state index in [1.165, 1.54) is 6.20 Å². The number of anilines is 2. The van der Waals surface area contributed by atoms with Crippen LogP contribution in [0.1, 0.15) is 70.2 Å². The predicted molar refractivity (Wildman–Crippen MR) is 95.0 cm³/mol. The summed E-state index contributed by atoms with van der Waals surface area (Å²) in [4.78, 5) is 20.3. The molecule has 0 radical (unpaired) electrons. The summed E-state index contributed by atoms with van der Waals surface area (Å²) in [5, 5.41) is 16.8. The fourth-order valence-corrected chi connectivity index (χ4v) is 2.90. The first kappa shape index (κ1) is 18.4. The molecule has 134 valence electrons. The Bertz CT molecular complexity index is 601. The van der Waals surface area contributed by atoms with Crippen LogP contribution in [0.5, 0.6) is 0 Å². The highest BCUT2D eigenvalue weighted by Gasteiger charge is 2.30. The van der Waals surface area contributed by atoms with E-state index >= 15 is 0 Å². The van der Waals surface area contributed by atoms with E-state index in [4.69, 9.17) is 5.73 Å². The number of carbonyl (C=O) groups is 1. The molecule has 0 spiro atoms. The Balaban J connectivity index is 2.23. The third-order valence-corrected chi connectivity index (χ3v) is 4.68. The van der Waals surface area contributed by atoms with Crippen molar-refractivity contribution >= 4 is 17.7 Å². The highest BCUT2D eigenvalue weighted by atomic mass is 16.3. The van der Waals surface area contributed by atoms with Crippen molar-refractivity contribution in [3.05, 3.63) is 11.8 Å². The summed E-state index contributed by atoms with van der Waals surface area (Å²) in [6.07, 6.45) is 5.60. The molecule has 1 aromatic rings. The van der Waals surface area contributed by atoms with Crippen LogP contribution < -0.4 is 16.4 Å². The molecule has 7 heteroatoms.